The molecule has 2 N–H and O–H groups in total. The van der Waals surface area contributed by atoms with Crippen LogP contribution in [-0.4, -0.2) is 38.1 Å². The van der Waals surface area contributed by atoms with Gasteiger partial charge < -0.3 is 15.2 Å². The summed E-state index contributed by atoms with van der Waals surface area (Å²) in [4.78, 5) is 13.1. The summed E-state index contributed by atoms with van der Waals surface area (Å²) in [6, 6.07) is 4.16. The van der Waals surface area contributed by atoms with E-state index in [2.05, 4.69) is 17.0 Å². The number of methoxy groups -OCH3 is 2. The highest BCUT2D eigenvalue weighted by atomic mass is 35.5. The number of primary amides is 1. The van der Waals surface area contributed by atoms with Gasteiger partial charge in [0.05, 0.1) is 14.2 Å². The van der Waals surface area contributed by atoms with Crippen molar-refractivity contribution in [2.45, 2.75) is 32.2 Å². The lowest BCUT2D eigenvalue weighted by atomic mass is 9.98. The Bertz CT molecular complexity index is 508. The summed E-state index contributed by atoms with van der Waals surface area (Å²) in [6.07, 6.45) is 3.37. The van der Waals surface area contributed by atoms with Gasteiger partial charge in [-0.25, -0.2) is 0 Å². The molecule has 1 heterocycles. The molecule has 124 valence electrons. The maximum Gasteiger partial charge on any atom is 0.217 e. The van der Waals surface area contributed by atoms with Gasteiger partial charge in [-0.05, 0) is 49.1 Å². The second kappa shape index (κ2) is 8.86. The fraction of sp³-hybridized carbons (Fsp3) is 0.562. The Kier molecular flexibility index (Phi) is 7.48. The fourth-order valence-corrected chi connectivity index (χ4v) is 2.77. The predicted octanol–water partition coefficient (Wildman–Crippen LogP) is 2.14. The first-order chi connectivity index (χ1) is 10.1. The first-order valence-electron chi connectivity index (χ1n) is 7.38. The predicted molar refractivity (Wildman–Crippen MR) is 88.8 cm³/mol. The van der Waals surface area contributed by atoms with Gasteiger partial charge in [-0.1, -0.05) is 0 Å². The molecular weight excluding hydrogens is 304 g/mol. The van der Waals surface area contributed by atoms with Gasteiger partial charge in [0.15, 0.2) is 11.5 Å². The molecule has 2 rings (SSSR count). The van der Waals surface area contributed by atoms with Crippen LogP contribution in [0.1, 0.15) is 30.4 Å². The first kappa shape index (κ1) is 18.6. The minimum Gasteiger partial charge on any atom is -0.493 e. The van der Waals surface area contributed by atoms with Gasteiger partial charge in [-0.2, -0.15) is 0 Å². The molecule has 1 aromatic rings. The van der Waals surface area contributed by atoms with Crippen LogP contribution < -0.4 is 15.2 Å². The highest BCUT2D eigenvalue weighted by Gasteiger charge is 2.19. The SMILES string of the molecule is COc1cc2c(cc1OC)CN(CCCCC(N)=O)CC2.Cl. The van der Waals surface area contributed by atoms with Crippen molar-refractivity contribution in [1.82, 2.24) is 4.90 Å². The lowest BCUT2D eigenvalue weighted by Gasteiger charge is -2.29. The van der Waals surface area contributed by atoms with Crippen LogP contribution in [0.2, 0.25) is 0 Å². The van der Waals surface area contributed by atoms with Crippen LogP contribution in [0.5, 0.6) is 11.5 Å². The van der Waals surface area contributed by atoms with Crippen molar-refractivity contribution in [2.75, 3.05) is 27.3 Å². The van der Waals surface area contributed by atoms with Crippen LogP contribution in [0.15, 0.2) is 12.1 Å². The van der Waals surface area contributed by atoms with E-state index in [4.69, 9.17) is 15.2 Å². The zero-order valence-electron chi connectivity index (χ0n) is 13.3. The topological polar surface area (TPSA) is 64.8 Å². The van der Waals surface area contributed by atoms with Crippen LogP contribution in [0.3, 0.4) is 0 Å². The van der Waals surface area contributed by atoms with E-state index in [9.17, 15) is 4.79 Å². The number of unbranched alkanes of at least 4 members (excludes halogenated alkanes) is 1. The summed E-state index contributed by atoms with van der Waals surface area (Å²) in [5, 5.41) is 0. The second-order valence-electron chi connectivity index (χ2n) is 5.43. The van der Waals surface area contributed by atoms with Crippen molar-refractivity contribution < 1.29 is 14.3 Å². The van der Waals surface area contributed by atoms with E-state index >= 15 is 0 Å². The number of ether oxygens (including phenoxy) is 2. The van der Waals surface area contributed by atoms with E-state index in [-0.39, 0.29) is 18.3 Å². The number of nitrogens with zero attached hydrogens (tertiary/aromatic N) is 1. The minimum absolute atomic E-state index is 0. The Hall–Kier alpha value is -1.46. The number of hydrogen-bond acceptors (Lipinski definition) is 4. The number of benzene rings is 1. The van der Waals surface area contributed by atoms with Gasteiger partial charge in [0, 0.05) is 19.5 Å². The fourth-order valence-electron chi connectivity index (χ4n) is 2.77. The molecular formula is C16H25ClN2O3. The molecule has 0 saturated carbocycles. The smallest absolute Gasteiger partial charge is 0.217 e. The van der Waals surface area contributed by atoms with Gasteiger partial charge >= 0.3 is 0 Å². The number of carbonyl (C=O) groups excluding carboxylic acids is 1. The third kappa shape index (κ3) is 4.78. The summed E-state index contributed by atoms with van der Waals surface area (Å²) < 4.78 is 10.7. The third-order valence-electron chi connectivity index (χ3n) is 3.94. The highest BCUT2D eigenvalue weighted by molar-refractivity contribution is 5.85. The zero-order valence-corrected chi connectivity index (χ0v) is 14.1. The molecule has 1 aliphatic rings. The maximum absolute atomic E-state index is 10.7. The van der Waals surface area contributed by atoms with Crippen LogP contribution >= 0.6 is 12.4 Å². The van der Waals surface area contributed by atoms with Gasteiger partial charge in [0.1, 0.15) is 0 Å². The quantitative estimate of drug-likeness (QED) is 0.779. The third-order valence-corrected chi connectivity index (χ3v) is 3.94. The normalized spacial score (nSPS) is 13.9. The number of carbonyl (C=O) groups is 1. The van der Waals surface area contributed by atoms with Crippen molar-refractivity contribution in [3.63, 3.8) is 0 Å². The lowest BCUT2D eigenvalue weighted by molar-refractivity contribution is -0.118. The van der Waals surface area contributed by atoms with Gasteiger partial charge in [-0.15, -0.1) is 12.4 Å². The van der Waals surface area contributed by atoms with E-state index in [0.29, 0.717) is 6.42 Å². The Morgan fingerprint density at radius 3 is 2.41 bits per heavy atom. The summed E-state index contributed by atoms with van der Waals surface area (Å²) in [6.45, 7) is 2.96. The number of halogens is 1. The van der Waals surface area contributed by atoms with Gasteiger partial charge in [0.25, 0.3) is 0 Å². The number of amides is 1. The highest BCUT2D eigenvalue weighted by Crippen LogP contribution is 2.33. The lowest BCUT2D eigenvalue weighted by Crippen LogP contribution is -2.31. The van der Waals surface area contributed by atoms with Gasteiger partial charge in [-0.3, -0.25) is 9.69 Å². The molecule has 0 bridgehead atoms. The zero-order chi connectivity index (χ0) is 15.2. The van der Waals surface area contributed by atoms with E-state index in [1.807, 2.05) is 0 Å². The molecule has 0 radical (unpaired) electrons. The Balaban J connectivity index is 0.00000242. The van der Waals surface area contributed by atoms with Gasteiger partial charge in [0.2, 0.25) is 5.91 Å². The largest absolute Gasteiger partial charge is 0.493 e. The summed E-state index contributed by atoms with van der Waals surface area (Å²) >= 11 is 0. The molecule has 22 heavy (non-hydrogen) atoms. The second-order valence-corrected chi connectivity index (χ2v) is 5.43. The average Bonchev–Trinajstić information content (AvgIpc) is 2.49. The Morgan fingerprint density at radius 2 is 1.82 bits per heavy atom. The summed E-state index contributed by atoms with van der Waals surface area (Å²) in [7, 11) is 3.33. The van der Waals surface area contributed by atoms with E-state index in [1.165, 1.54) is 11.1 Å². The molecule has 0 aromatic heterocycles. The monoisotopic (exact) mass is 328 g/mol. The molecule has 0 saturated heterocycles. The molecule has 0 unspecified atom stereocenters. The summed E-state index contributed by atoms with van der Waals surface area (Å²) in [5.41, 5.74) is 7.79. The average molecular weight is 329 g/mol. The van der Waals surface area contributed by atoms with Crippen molar-refractivity contribution >= 4 is 18.3 Å². The van der Waals surface area contributed by atoms with Crippen LogP contribution in [0.4, 0.5) is 0 Å². The van der Waals surface area contributed by atoms with Crippen LogP contribution in [-0.2, 0) is 17.8 Å². The summed E-state index contributed by atoms with van der Waals surface area (Å²) in [5.74, 6) is 1.37. The molecule has 0 fully saturated rings. The van der Waals surface area contributed by atoms with Crippen molar-refractivity contribution in [3.8, 4) is 11.5 Å². The first-order valence-corrected chi connectivity index (χ1v) is 7.38. The van der Waals surface area contributed by atoms with E-state index < -0.39 is 0 Å². The van der Waals surface area contributed by atoms with Crippen LogP contribution in [0, 0.1) is 0 Å². The molecule has 0 spiro atoms. The molecule has 0 atom stereocenters. The maximum atomic E-state index is 10.7. The number of fused-ring (bicyclic) bond motifs is 1. The number of nitrogens with two attached hydrogens (primary N) is 1. The standard InChI is InChI=1S/C16H24N2O3.ClH/c1-20-14-9-12-6-8-18(7-4-3-5-16(17)19)11-13(12)10-15(14)21-2;/h9-10H,3-8,11H2,1-2H3,(H2,17,19);1H. The van der Waals surface area contributed by atoms with Crippen molar-refractivity contribution in [2.24, 2.45) is 5.73 Å². The number of hydrogen-bond donors (Lipinski definition) is 1. The number of rotatable bonds is 7. The molecule has 1 amide bonds. The Morgan fingerprint density at radius 1 is 1.18 bits per heavy atom. The molecule has 0 aliphatic carbocycles. The van der Waals surface area contributed by atoms with E-state index in [0.717, 1.165) is 50.4 Å². The van der Waals surface area contributed by atoms with Crippen molar-refractivity contribution in [1.29, 1.82) is 0 Å². The van der Waals surface area contributed by atoms with Crippen LogP contribution in [0.25, 0.3) is 0 Å². The molecule has 1 aliphatic heterocycles. The molecule has 1 aromatic carbocycles. The molecule has 5 nitrogen and oxygen atoms in total. The van der Waals surface area contributed by atoms with E-state index in [1.54, 1.807) is 14.2 Å². The Labute approximate surface area is 138 Å². The molecule has 6 heteroatoms. The van der Waals surface area contributed by atoms with Crippen molar-refractivity contribution in [3.05, 3.63) is 23.3 Å². The minimum atomic E-state index is -0.212.